The fourth-order valence-corrected chi connectivity index (χ4v) is 2.80. The van der Waals surface area contributed by atoms with Gasteiger partial charge in [-0.05, 0) is 47.7 Å². The summed E-state index contributed by atoms with van der Waals surface area (Å²) in [6.07, 6.45) is 4.53. The minimum atomic E-state index is 0.422. The van der Waals surface area contributed by atoms with E-state index >= 15 is 0 Å². The van der Waals surface area contributed by atoms with E-state index in [1.54, 1.807) is 0 Å². The molecule has 16 heavy (non-hydrogen) atoms. The van der Waals surface area contributed by atoms with Gasteiger partial charge in [0.2, 0.25) is 0 Å². The Hall–Kier alpha value is -0.350. The van der Waals surface area contributed by atoms with Gasteiger partial charge in [0.25, 0.3) is 0 Å². The smallest absolute Gasteiger partial charge is 0.0701 e. The highest BCUT2D eigenvalue weighted by Gasteiger charge is 2.46. The van der Waals surface area contributed by atoms with Crippen molar-refractivity contribution < 1.29 is 0 Å². The Kier molecular flexibility index (Phi) is 3.40. The number of nitrogens with one attached hydrogen (secondary N) is 1. The van der Waals surface area contributed by atoms with Gasteiger partial charge in [-0.3, -0.25) is 4.68 Å². The van der Waals surface area contributed by atoms with Crippen molar-refractivity contribution >= 4 is 15.9 Å². The summed E-state index contributed by atoms with van der Waals surface area (Å²) >= 11 is 3.63. The van der Waals surface area contributed by atoms with Crippen molar-refractivity contribution in [1.82, 2.24) is 15.1 Å². The van der Waals surface area contributed by atoms with Crippen LogP contribution >= 0.6 is 15.9 Å². The molecule has 0 aromatic carbocycles. The van der Waals surface area contributed by atoms with Gasteiger partial charge in [-0.1, -0.05) is 13.8 Å². The summed E-state index contributed by atoms with van der Waals surface area (Å²) in [4.78, 5) is 0. The zero-order valence-corrected chi connectivity index (χ0v) is 11.8. The molecule has 0 bridgehead atoms. The van der Waals surface area contributed by atoms with Crippen molar-refractivity contribution in [2.24, 2.45) is 5.41 Å². The molecule has 3 nitrogen and oxygen atoms in total. The number of halogens is 1. The van der Waals surface area contributed by atoms with Gasteiger partial charge in [0.05, 0.1) is 22.4 Å². The van der Waals surface area contributed by atoms with E-state index in [1.165, 1.54) is 18.5 Å². The first kappa shape index (κ1) is 12.1. The minimum Gasteiger partial charge on any atom is -0.308 e. The van der Waals surface area contributed by atoms with Gasteiger partial charge in [-0.15, -0.1) is 0 Å². The third kappa shape index (κ3) is 2.05. The van der Waals surface area contributed by atoms with Crippen molar-refractivity contribution in [3.63, 3.8) is 0 Å². The van der Waals surface area contributed by atoms with E-state index in [4.69, 9.17) is 0 Å². The zero-order valence-electron chi connectivity index (χ0n) is 10.3. The summed E-state index contributed by atoms with van der Waals surface area (Å²) in [7, 11) is 0. The Bertz CT molecular complexity index is 368. The molecule has 1 unspecified atom stereocenters. The minimum absolute atomic E-state index is 0.422. The fourth-order valence-electron chi connectivity index (χ4n) is 2.27. The third-order valence-electron chi connectivity index (χ3n) is 3.55. The normalized spacial score (nSPS) is 19.8. The lowest BCUT2D eigenvalue weighted by molar-refractivity contribution is 0.348. The fraction of sp³-hybridized carbons (Fsp3) is 0.750. The largest absolute Gasteiger partial charge is 0.308 e. The summed E-state index contributed by atoms with van der Waals surface area (Å²) in [5.74, 6) is 0. The number of aryl methyl sites for hydroxylation is 1. The predicted molar refractivity (Wildman–Crippen MR) is 69.4 cm³/mol. The summed E-state index contributed by atoms with van der Waals surface area (Å²) < 4.78 is 3.23. The molecular weight excluding hydrogens is 266 g/mol. The molecule has 1 aliphatic rings. The van der Waals surface area contributed by atoms with E-state index in [0.29, 0.717) is 11.5 Å². The Morgan fingerprint density at radius 1 is 1.56 bits per heavy atom. The summed E-state index contributed by atoms with van der Waals surface area (Å²) in [6.45, 7) is 8.60. The van der Waals surface area contributed by atoms with Gasteiger partial charge in [0, 0.05) is 6.54 Å². The highest BCUT2D eigenvalue weighted by molar-refractivity contribution is 9.10. The van der Waals surface area contributed by atoms with Crippen LogP contribution in [0.1, 0.15) is 45.3 Å². The molecule has 1 fully saturated rings. The molecule has 1 aliphatic carbocycles. The SMILES string of the molecule is CCNC(c1c(Br)cnn1CC)C1(C)CC1. The topological polar surface area (TPSA) is 29.9 Å². The molecule has 0 aliphatic heterocycles. The number of aromatic nitrogens is 2. The van der Waals surface area contributed by atoms with Crippen molar-refractivity contribution in [2.75, 3.05) is 6.54 Å². The molecule has 2 rings (SSSR count). The van der Waals surface area contributed by atoms with Crippen LogP contribution in [0.5, 0.6) is 0 Å². The van der Waals surface area contributed by atoms with E-state index in [-0.39, 0.29) is 0 Å². The average molecular weight is 286 g/mol. The third-order valence-corrected chi connectivity index (χ3v) is 4.16. The maximum Gasteiger partial charge on any atom is 0.0701 e. The summed E-state index contributed by atoms with van der Waals surface area (Å²) in [5, 5.41) is 8.02. The molecular formula is C12H20BrN3. The second kappa shape index (κ2) is 4.49. The lowest BCUT2D eigenvalue weighted by atomic mass is 9.95. The number of rotatable bonds is 5. The molecule has 1 aromatic rings. The van der Waals surface area contributed by atoms with Gasteiger partial charge in [-0.2, -0.15) is 5.10 Å². The van der Waals surface area contributed by atoms with E-state index in [2.05, 4.69) is 51.8 Å². The summed E-state index contributed by atoms with van der Waals surface area (Å²) in [6, 6.07) is 0.425. The molecule has 1 aromatic heterocycles. The van der Waals surface area contributed by atoms with Gasteiger partial charge in [-0.25, -0.2) is 0 Å². The molecule has 4 heteroatoms. The van der Waals surface area contributed by atoms with Crippen LogP contribution in [0.25, 0.3) is 0 Å². The first-order chi connectivity index (χ1) is 7.62. The Morgan fingerprint density at radius 2 is 2.25 bits per heavy atom. The van der Waals surface area contributed by atoms with Crippen LogP contribution in [0.4, 0.5) is 0 Å². The van der Waals surface area contributed by atoms with Gasteiger partial charge < -0.3 is 5.32 Å². The molecule has 0 saturated heterocycles. The number of nitrogens with zero attached hydrogens (tertiary/aromatic N) is 2. The van der Waals surface area contributed by atoms with Crippen LogP contribution in [0.3, 0.4) is 0 Å². The summed E-state index contributed by atoms with van der Waals surface area (Å²) in [5.41, 5.74) is 1.73. The van der Waals surface area contributed by atoms with Gasteiger partial charge in [0.1, 0.15) is 0 Å². The molecule has 0 spiro atoms. The Balaban J connectivity index is 2.34. The van der Waals surface area contributed by atoms with Crippen LogP contribution in [-0.4, -0.2) is 16.3 Å². The first-order valence-electron chi connectivity index (χ1n) is 6.07. The van der Waals surface area contributed by atoms with Gasteiger partial charge >= 0.3 is 0 Å². The van der Waals surface area contributed by atoms with E-state index in [0.717, 1.165) is 17.6 Å². The van der Waals surface area contributed by atoms with Crippen molar-refractivity contribution in [3.05, 3.63) is 16.4 Å². The molecule has 1 saturated carbocycles. The number of hydrogen-bond donors (Lipinski definition) is 1. The Labute approximate surface area is 106 Å². The maximum atomic E-state index is 4.41. The zero-order chi connectivity index (χ0) is 11.8. The molecule has 1 atom stereocenters. The molecule has 1 heterocycles. The monoisotopic (exact) mass is 285 g/mol. The lowest BCUT2D eigenvalue weighted by Crippen LogP contribution is -2.30. The van der Waals surface area contributed by atoms with Crippen molar-refractivity contribution in [1.29, 1.82) is 0 Å². The molecule has 90 valence electrons. The quantitative estimate of drug-likeness (QED) is 0.901. The van der Waals surface area contributed by atoms with Gasteiger partial charge in [0.15, 0.2) is 0 Å². The van der Waals surface area contributed by atoms with Crippen LogP contribution in [0.2, 0.25) is 0 Å². The van der Waals surface area contributed by atoms with E-state index in [1.807, 2.05) is 6.20 Å². The van der Waals surface area contributed by atoms with Crippen LogP contribution < -0.4 is 5.32 Å². The van der Waals surface area contributed by atoms with E-state index < -0.39 is 0 Å². The van der Waals surface area contributed by atoms with Crippen molar-refractivity contribution in [3.8, 4) is 0 Å². The molecule has 0 amide bonds. The van der Waals surface area contributed by atoms with Crippen LogP contribution in [0.15, 0.2) is 10.7 Å². The predicted octanol–water partition coefficient (Wildman–Crippen LogP) is 3.12. The Morgan fingerprint density at radius 3 is 2.75 bits per heavy atom. The average Bonchev–Trinajstić information content (AvgIpc) is 2.90. The second-order valence-corrected chi connectivity index (χ2v) is 5.69. The molecule has 0 radical (unpaired) electrons. The lowest BCUT2D eigenvalue weighted by Gasteiger charge is -2.25. The first-order valence-corrected chi connectivity index (χ1v) is 6.86. The van der Waals surface area contributed by atoms with Crippen LogP contribution in [-0.2, 0) is 6.54 Å². The highest BCUT2D eigenvalue weighted by Crippen LogP contribution is 2.55. The number of hydrogen-bond acceptors (Lipinski definition) is 2. The highest BCUT2D eigenvalue weighted by atomic mass is 79.9. The standard InChI is InChI=1S/C12H20BrN3/c1-4-14-11(12(3)6-7-12)10-9(13)8-15-16(10)5-2/h8,11,14H,4-7H2,1-3H3. The second-order valence-electron chi connectivity index (χ2n) is 4.84. The van der Waals surface area contributed by atoms with E-state index in [9.17, 15) is 0 Å². The van der Waals surface area contributed by atoms with Crippen molar-refractivity contribution in [2.45, 2.75) is 46.2 Å². The van der Waals surface area contributed by atoms with Crippen LogP contribution in [0, 0.1) is 5.41 Å². The maximum absolute atomic E-state index is 4.41. The molecule has 1 N–H and O–H groups in total.